The summed E-state index contributed by atoms with van der Waals surface area (Å²) in [5, 5.41) is 4.02. The largest absolute Gasteiger partial charge is 0.465 e. The number of hydrogen-bond acceptors (Lipinski definition) is 5. The first-order valence-corrected chi connectivity index (χ1v) is 6.93. The molecule has 0 radical (unpaired) electrons. The number of rotatable bonds is 5. The van der Waals surface area contributed by atoms with Crippen molar-refractivity contribution >= 4 is 16.0 Å². The minimum Gasteiger partial charge on any atom is -0.465 e. The van der Waals surface area contributed by atoms with Crippen molar-refractivity contribution in [3.8, 4) is 0 Å². The Kier molecular flexibility index (Phi) is 4.47. The smallest absolute Gasteiger partial charge is 0.321 e. The van der Waals surface area contributed by atoms with Crippen LogP contribution < -0.4 is 4.72 Å². The molecule has 0 spiro atoms. The van der Waals surface area contributed by atoms with E-state index < -0.39 is 16.0 Å². The van der Waals surface area contributed by atoms with Gasteiger partial charge in [-0.05, 0) is 20.8 Å². The highest BCUT2D eigenvalue weighted by Crippen LogP contribution is 2.17. The second-order valence-electron chi connectivity index (χ2n) is 3.75. The van der Waals surface area contributed by atoms with Gasteiger partial charge < -0.3 is 4.74 Å². The van der Waals surface area contributed by atoms with Gasteiger partial charge in [-0.15, -0.1) is 0 Å². The Hall–Kier alpha value is -1.41. The van der Waals surface area contributed by atoms with E-state index in [1.807, 2.05) is 0 Å². The Labute approximate surface area is 106 Å². The molecule has 0 bridgehead atoms. The molecule has 0 atom stereocenters. The van der Waals surface area contributed by atoms with Gasteiger partial charge >= 0.3 is 5.97 Å². The second kappa shape index (κ2) is 5.49. The Balaban J connectivity index is 2.90. The summed E-state index contributed by atoms with van der Waals surface area (Å²) in [6.45, 7) is 4.74. The van der Waals surface area contributed by atoms with Crippen LogP contribution in [0.15, 0.2) is 4.90 Å². The Morgan fingerprint density at radius 1 is 1.44 bits per heavy atom. The van der Waals surface area contributed by atoms with Crippen LogP contribution in [-0.2, 0) is 26.6 Å². The van der Waals surface area contributed by atoms with E-state index >= 15 is 0 Å². The molecule has 0 saturated heterocycles. The Morgan fingerprint density at radius 2 is 2.06 bits per heavy atom. The fourth-order valence-corrected chi connectivity index (χ4v) is 2.98. The SMILES string of the molecule is CCOC(=O)CNS(=O)(=O)c1c(C)nn(C)c1C. The molecule has 0 saturated carbocycles. The molecule has 0 unspecified atom stereocenters. The molecule has 1 rings (SSSR count). The van der Waals surface area contributed by atoms with Gasteiger partial charge in [-0.1, -0.05) is 0 Å². The summed E-state index contributed by atoms with van der Waals surface area (Å²) < 4.78 is 32.4. The number of esters is 1. The number of nitrogens with one attached hydrogen (secondary N) is 1. The molecule has 0 aliphatic rings. The highest BCUT2D eigenvalue weighted by Gasteiger charge is 2.24. The van der Waals surface area contributed by atoms with Crippen LogP contribution in [0.3, 0.4) is 0 Å². The summed E-state index contributed by atoms with van der Waals surface area (Å²) in [6.07, 6.45) is 0. The number of carbonyl (C=O) groups excluding carboxylic acids is 1. The maximum Gasteiger partial charge on any atom is 0.321 e. The molecule has 7 nitrogen and oxygen atoms in total. The fourth-order valence-electron chi connectivity index (χ4n) is 1.58. The molecule has 0 aliphatic carbocycles. The lowest BCUT2D eigenvalue weighted by Crippen LogP contribution is -2.31. The predicted octanol–water partition coefficient (Wildman–Crippen LogP) is -0.122. The van der Waals surface area contributed by atoms with Crippen molar-refractivity contribution < 1.29 is 17.9 Å². The maximum atomic E-state index is 12.0. The number of ether oxygens (including phenoxy) is 1. The Bertz CT molecular complexity index is 548. The van der Waals surface area contributed by atoms with Crippen LogP contribution in [0.1, 0.15) is 18.3 Å². The number of aryl methyl sites for hydroxylation is 2. The average molecular weight is 275 g/mol. The molecule has 8 heteroatoms. The molecule has 1 aromatic heterocycles. The van der Waals surface area contributed by atoms with Crippen LogP contribution >= 0.6 is 0 Å². The van der Waals surface area contributed by atoms with Crippen molar-refractivity contribution in [2.45, 2.75) is 25.7 Å². The van der Waals surface area contributed by atoms with Gasteiger partial charge in [0.2, 0.25) is 10.0 Å². The van der Waals surface area contributed by atoms with Crippen LogP contribution in [0.4, 0.5) is 0 Å². The molecule has 0 aromatic carbocycles. The van der Waals surface area contributed by atoms with Crippen molar-refractivity contribution in [2.75, 3.05) is 13.2 Å². The summed E-state index contributed by atoms with van der Waals surface area (Å²) in [5.74, 6) is -0.611. The first-order valence-electron chi connectivity index (χ1n) is 5.45. The maximum absolute atomic E-state index is 12.0. The van der Waals surface area contributed by atoms with Gasteiger partial charge in [0.1, 0.15) is 11.4 Å². The van der Waals surface area contributed by atoms with E-state index in [2.05, 4.69) is 14.6 Å². The zero-order valence-electron chi connectivity index (χ0n) is 10.8. The van der Waals surface area contributed by atoms with Crippen LogP contribution in [-0.4, -0.2) is 37.3 Å². The molecule has 0 amide bonds. The molecule has 18 heavy (non-hydrogen) atoms. The van der Waals surface area contributed by atoms with E-state index in [0.29, 0.717) is 11.4 Å². The molecule has 0 fully saturated rings. The highest BCUT2D eigenvalue weighted by atomic mass is 32.2. The van der Waals surface area contributed by atoms with Crippen molar-refractivity contribution in [2.24, 2.45) is 7.05 Å². The number of carbonyl (C=O) groups is 1. The fraction of sp³-hybridized carbons (Fsp3) is 0.600. The number of nitrogens with zero attached hydrogens (tertiary/aromatic N) is 2. The topological polar surface area (TPSA) is 90.3 Å². The molecule has 1 heterocycles. The van der Waals surface area contributed by atoms with Crippen LogP contribution in [0.25, 0.3) is 0 Å². The number of sulfonamides is 1. The van der Waals surface area contributed by atoms with Crippen LogP contribution in [0, 0.1) is 13.8 Å². The number of aromatic nitrogens is 2. The van der Waals surface area contributed by atoms with Gasteiger partial charge in [-0.3, -0.25) is 9.48 Å². The standard InChI is InChI=1S/C10H17N3O4S/c1-5-17-9(14)6-11-18(15,16)10-7(2)12-13(4)8(10)3/h11H,5-6H2,1-4H3. The van der Waals surface area contributed by atoms with Gasteiger partial charge in [0.25, 0.3) is 0 Å². The van der Waals surface area contributed by atoms with Crippen molar-refractivity contribution in [3.05, 3.63) is 11.4 Å². The van der Waals surface area contributed by atoms with Gasteiger partial charge in [-0.25, -0.2) is 8.42 Å². The zero-order valence-corrected chi connectivity index (χ0v) is 11.7. The van der Waals surface area contributed by atoms with Crippen LogP contribution in [0.2, 0.25) is 0 Å². The first kappa shape index (κ1) is 14.7. The quantitative estimate of drug-likeness (QED) is 0.756. The van der Waals surface area contributed by atoms with Crippen molar-refractivity contribution in [1.29, 1.82) is 0 Å². The van der Waals surface area contributed by atoms with E-state index in [1.165, 1.54) is 4.68 Å². The third kappa shape index (κ3) is 3.08. The van der Waals surface area contributed by atoms with Crippen molar-refractivity contribution in [3.63, 3.8) is 0 Å². The summed E-state index contributed by atoms with van der Waals surface area (Å²) in [5.41, 5.74) is 0.912. The molecular formula is C10H17N3O4S. The lowest BCUT2D eigenvalue weighted by Gasteiger charge is -2.06. The Morgan fingerprint density at radius 3 is 2.50 bits per heavy atom. The minimum atomic E-state index is -3.75. The van der Waals surface area contributed by atoms with Gasteiger partial charge in [0.05, 0.1) is 18.0 Å². The first-order chi connectivity index (χ1) is 8.29. The van der Waals surface area contributed by atoms with Gasteiger partial charge in [-0.2, -0.15) is 9.82 Å². The van der Waals surface area contributed by atoms with E-state index in [4.69, 9.17) is 0 Å². The summed E-state index contributed by atoms with van der Waals surface area (Å²) in [4.78, 5) is 11.2. The third-order valence-electron chi connectivity index (χ3n) is 2.42. The minimum absolute atomic E-state index is 0.106. The average Bonchev–Trinajstić information content (AvgIpc) is 2.51. The molecule has 1 aromatic rings. The molecular weight excluding hydrogens is 258 g/mol. The van der Waals surface area contributed by atoms with Gasteiger partial charge in [0.15, 0.2) is 0 Å². The normalized spacial score (nSPS) is 11.6. The predicted molar refractivity (Wildman–Crippen MR) is 64.5 cm³/mol. The van der Waals surface area contributed by atoms with E-state index in [-0.39, 0.29) is 18.0 Å². The summed E-state index contributed by atoms with van der Waals surface area (Å²) >= 11 is 0. The highest BCUT2D eigenvalue weighted by molar-refractivity contribution is 7.89. The molecule has 1 N–H and O–H groups in total. The van der Waals surface area contributed by atoms with Crippen LogP contribution in [0.5, 0.6) is 0 Å². The number of hydrogen-bond donors (Lipinski definition) is 1. The summed E-state index contributed by atoms with van der Waals surface area (Å²) in [6, 6.07) is 0. The van der Waals surface area contributed by atoms with E-state index in [9.17, 15) is 13.2 Å². The third-order valence-corrected chi connectivity index (χ3v) is 4.08. The van der Waals surface area contributed by atoms with Gasteiger partial charge in [0, 0.05) is 7.05 Å². The van der Waals surface area contributed by atoms with E-state index in [1.54, 1.807) is 27.8 Å². The summed E-state index contributed by atoms with van der Waals surface area (Å²) in [7, 11) is -2.09. The lowest BCUT2D eigenvalue weighted by atomic mass is 10.4. The molecule has 102 valence electrons. The zero-order chi connectivity index (χ0) is 13.9. The second-order valence-corrected chi connectivity index (χ2v) is 5.46. The molecule has 0 aliphatic heterocycles. The lowest BCUT2D eigenvalue weighted by molar-refractivity contribution is -0.141. The van der Waals surface area contributed by atoms with E-state index in [0.717, 1.165) is 0 Å². The van der Waals surface area contributed by atoms with Crippen molar-refractivity contribution in [1.82, 2.24) is 14.5 Å². The monoisotopic (exact) mass is 275 g/mol.